The Morgan fingerprint density at radius 3 is 2.80 bits per heavy atom. The van der Waals surface area contributed by atoms with Crippen molar-refractivity contribution in [3.63, 3.8) is 0 Å². The number of anilines is 1. The number of nitrogens with one attached hydrogen (secondary N) is 1. The second-order valence-electron chi connectivity index (χ2n) is 5.07. The molecule has 20 heavy (non-hydrogen) atoms. The van der Waals surface area contributed by atoms with Gasteiger partial charge in [0.2, 0.25) is 5.13 Å². The maximum absolute atomic E-state index is 13.2. The van der Waals surface area contributed by atoms with Crippen molar-refractivity contribution in [3.05, 3.63) is 41.0 Å². The number of benzene rings is 1. The molecule has 0 bridgehead atoms. The van der Waals surface area contributed by atoms with E-state index in [0.717, 1.165) is 16.5 Å². The molecule has 2 rings (SSSR count). The minimum Gasteiger partial charge on any atom is -0.356 e. The zero-order valence-corrected chi connectivity index (χ0v) is 12.7. The third-order valence-electron chi connectivity index (χ3n) is 3.19. The summed E-state index contributed by atoms with van der Waals surface area (Å²) >= 11 is 1.32. The summed E-state index contributed by atoms with van der Waals surface area (Å²) in [6.45, 7) is 5.71. The van der Waals surface area contributed by atoms with Gasteiger partial charge in [0.05, 0.1) is 0 Å². The number of aromatic nitrogens is 2. The molecule has 0 saturated carbocycles. The highest BCUT2D eigenvalue weighted by atomic mass is 32.1. The number of aryl methyl sites for hydroxylation is 1. The zero-order chi connectivity index (χ0) is 14.7. The molecular formula is C14H19FN4S. The van der Waals surface area contributed by atoms with E-state index in [1.807, 2.05) is 19.9 Å². The van der Waals surface area contributed by atoms with Crippen LogP contribution in [0.25, 0.3) is 0 Å². The lowest BCUT2D eigenvalue weighted by molar-refractivity contribution is 0.617. The van der Waals surface area contributed by atoms with Gasteiger partial charge in [-0.1, -0.05) is 12.1 Å². The predicted octanol–water partition coefficient (Wildman–Crippen LogP) is 2.72. The lowest BCUT2D eigenvalue weighted by Crippen LogP contribution is -2.35. The Hall–Kier alpha value is -1.53. The SMILES string of the molecule is Cc1cc(Cc2nsc(NC(C)C(C)N)n2)ccc1F. The van der Waals surface area contributed by atoms with Crippen molar-refractivity contribution in [2.45, 2.75) is 39.3 Å². The molecule has 0 fully saturated rings. The summed E-state index contributed by atoms with van der Waals surface area (Å²) in [5.74, 6) is 0.550. The topological polar surface area (TPSA) is 63.8 Å². The number of hydrogen-bond donors (Lipinski definition) is 2. The molecule has 2 atom stereocenters. The normalized spacial score (nSPS) is 14.1. The summed E-state index contributed by atoms with van der Waals surface area (Å²) in [5, 5.41) is 4.00. The van der Waals surface area contributed by atoms with E-state index in [9.17, 15) is 4.39 Å². The molecule has 1 aromatic carbocycles. The van der Waals surface area contributed by atoms with Crippen LogP contribution in [0, 0.1) is 12.7 Å². The first-order valence-electron chi connectivity index (χ1n) is 6.55. The molecule has 0 spiro atoms. The average Bonchev–Trinajstić information content (AvgIpc) is 2.81. The highest BCUT2D eigenvalue weighted by Gasteiger charge is 2.11. The van der Waals surface area contributed by atoms with E-state index in [0.29, 0.717) is 12.0 Å². The van der Waals surface area contributed by atoms with Gasteiger partial charge in [-0.25, -0.2) is 9.37 Å². The molecule has 4 nitrogen and oxygen atoms in total. The van der Waals surface area contributed by atoms with E-state index in [1.165, 1.54) is 17.6 Å². The number of rotatable bonds is 5. The van der Waals surface area contributed by atoms with Crippen LogP contribution in [0.5, 0.6) is 0 Å². The fourth-order valence-corrected chi connectivity index (χ4v) is 2.39. The number of nitrogens with two attached hydrogens (primary N) is 1. The summed E-state index contributed by atoms with van der Waals surface area (Å²) in [6, 6.07) is 5.26. The highest BCUT2D eigenvalue weighted by Crippen LogP contribution is 2.17. The highest BCUT2D eigenvalue weighted by molar-refractivity contribution is 7.09. The van der Waals surface area contributed by atoms with E-state index in [2.05, 4.69) is 14.7 Å². The van der Waals surface area contributed by atoms with Crippen LogP contribution < -0.4 is 11.1 Å². The van der Waals surface area contributed by atoms with Gasteiger partial charge in [0, 0.05) is 30.0 Å². The summed E-state index contributed by atoms with van der Waals surface area (Å²) in [4.78, 5) is 4.43. The van der Waals surface area contributed by atoms with Crippen molar-refractivity contribution >= 4 is 16.7 Å². The smallest absolute Gasteiger partial charge is 0.202 e. The Kier molecular flexibility index (Phi) is 4.67. The first-order valence-corrected chi connectivity index (χ1v) is 7.33. The van der Waals surface area contributed by atoms with Gasteiger partial charge in [-0.3, -0.25) is 0 Å². The van der Waals surface area contributed by atoms with Crippen LogP contribution in [0.2, 0.25) is 0 Å². The molecule has 1 aromatic heterocycles. The van der Waals surface area contributed by atoms with Crippen LogP contribution in [0.3, 0.4) is 0 Å². The molecule has 1 heterocycles. The first-order chi connectivity index (χ1) is 9.45. The molecule has 6 heteroatoms. The van der Waals surface area contributed by atoms with Crippen LogP contribution >= 0.6 is 11.5 Å². The van der Waals surface area contributed by atoms with Crippen molar-refractivity contribution in [1.82, 2.24) is 9.36 Å². The molecule has 0 aliphatic rings. The van der Waals surface area contributed by atoms with Crippen molar-refractivity contribution < 1.29 is 4.39 Å². The van der Waals surface area contributed by atoms with Crippen LogP contribution in [0.4, 0.5) is 9.52 Å². The van der Waals surface area contributed by atoms with Crippen molar-refractivity contribution in [3.8, 4) is 0 Å². The molecule has 0 radical (unpaired) electrons. The number of hydrogen-bond acceptors (Lipinski definition) is 5. The fourth-order valence-electron chi connectivity index (χ4n) is 1.71. The van der Waals surface area contributed by atoms with Crippen LogP contribution in [-0.4, -0.2) is 21.4 Å². The standard InChI is InChI=1S/C14H19FN4S/c1-8-6-11(4-5-12(8)15)7-13-18-14(20-19-13)17-10(3)9(2)16/h4-6,9-10H,7,16H2,1-3H3,(H,17,18,19). The van der Waals surface area contributed by atoms with Gasteiger partial charge in [0.15, 0.2) is 0 Å². The summed E-state index contributed by atoms with van der Waals surface area (Å²) in [7, 11) is 0. The third-order valence-corrected chi connectivity index (χ3v) is 3.88. The van der Waals surface area contributed by atoms with E-state index in [4.69, 9.17) is 5.73 Å². The summed E-state index contributed by atoms with van der Waals surface area (Å²) in [5.41, 5.74) is 7.45. The molecule has 0 aliphatic heterocycles. The Balaban J connectivity index is 2.03. The largest absolute Gasteiger partial charge is 0.356 e. The van der Waals surface area contributed by atoms with Crippen LogP contribution in [0.1, 0.15) is 30.8 Å². The zero-order valence-electron chi connectivity index (χ0n) is 11.9. The minimum absolute atomic E-state index is 0.0436. The van der Waals surface area contributed by atoms with Gasteiger partial charge in [-0.05, 0) is 38.0 Å². The van der Waals surface area contributed by atoms with Crippen LogP contribution in [0.15, 0.2) is 18.2 Å². The van der Waals surface area contributed by atoms with E-state index in [1.54, 1.807) is 13.0 Å². The van der Waals surface area contributed by atoms with Crippen molar-refractivity contribution in [1.29, 1.82) is 0 Å². The quantitative estimate of drug-likeness (QED) is 0.890. The molecule has 2 unspecified atom stereocenters. The lowest BCUT2D eigenvalue weighted by Gasteiger charge is -2.15. The Morgan fingerprint density at radius 2 is 2.15 bits per heavy atom. The van der Waals surface area contributed by atoms with E-state index >= 15 is 0 Å². The molecule has 0 saturated heterocycles. The number of nitrogens with zero attached hydrogens (tertiary/aromatic N) is 2. The maximum Gasteiger partial charge on any atom is 0.202 e. The lowest BCUT2D eigenvalue weighted by atomic mass is 10.1. The van der Waals surface area contributed by atoms with Crippen molar-refractivity contribution in [2.24, 2.45) is 5.73 Å². The molecule has 0 amide bonds. The minimum atomic E-state index is -0.187. The maximum atomic E-state index is 13.2. The van der Waals surface area contributed by atoms with E-state index in [-0.39, 0.29) is 17.9 Å². The second kappa shape index (κ2) is 6.28. The Labute approximate surface area is 122 Å². The monoisotopic (exact) mass is 294 g/mol. The van der Waals surface area contributed by atoms with Gasteiger partial charge in [0.25, 0.3) is 0 Å². The Morgan fingerprint density at radius 1 is 1.40 bits per heavy atom. The summed E-state index contributed by atoms with van der Waals surface area (Å²) in [6.07, 6.45) is 0.603. The summed E-state index contributed by atoms with van der Waals surface area (Å²) < 4.78 is 17.5. The molecular weight excluding hydrogens is 275 g/mol. The van der Waals surface area contributed by atoms with E-state index < -0.39 is 0 Å². The molecule has 3 N–H and O–H groups in total. The fraction of sp³-hybridized carbons (Fsp3) is 0.429. The average molecular weight is 294 g/mol. The third kappa shape index (κ3) is 3.74. The Bertz CT molecular complexity index is 582. The van der Waals surface area contributed by atoms with Gasteiger partial charge in [0.1, 0.15) is 11.6 Å². The van der Waals surface area contributed by atoms with Gasteiger partial charge < -0.3 is 11.1 Å². The molecule has 2 aromatic rings. The first kappa shape index (κ1) is 14.9. The van der Waals surface area contributed by atoms with Crippen molar-refractivity contribution in [2.75, 3.05) is 5.32 Å². The van der Waals surface area contributed by atoms with Gasteiger partial charge in [-0.15, -0.1) is 0 Å². The van der Waals surface area contributed by atoms with Crippen LogP contribution in [-0.2, 0) is 6.42 Å². The van der Waals surface area contributed by atoms with Gasteiger partial charge in [-0.2, -0.15) is 4.37 Å². The molecule has 108 valence electrons. The molecule has 0 aliphatic carbocycles. The second-order valence-corrected chi connectivity index (χ2v) is 5.82. The predicted molar refractivity (Wildman–Crippen MR) is 80.6 cm³/mol. The van der Waals surface area contributed by atoms with Gasteiger partial charge >= 0.3 is 0 Å². The number of halogens is 1.